The van der Waals surface area contributed by atoms with Crippen molar-refractivity contribution in [3.8, 4) is 0 Å². The highest BCUT2D eigenvalue weighted by atomic mass is 15.3. The minimum absolute atomic E-state index is 0.426. The summed E-state index contributed by atoms with van der Waals surface area (Å²) in [5, 5.41) is 4.69. The molecule has 0 unspecified atom stereocenters. The van der Waals surface area contributed by atoms with Gasteiger partial charge in [-0.3, -0.25) is 9.58 Å². The van der Waals surface area contributed by atoms with E-state index in [0.29, 0.717) is 18.1 Å². The van der Waals surface area contributed by atoms with Gasteiger partial charge in [-0.05, 0) is 58.6 Å². The van der Waals surface area contributed by atoms with Crippen molar-refractivity contribution in [3.63, 3.8) is 0 Å². The van der Waals surface area contributed by atoms with Crippen LogP contribution in [0.2, 0.25) is 0 Å². The van der Waals surface area contributed by atoms with E-state index in [4.69, 9.17) is 10.8 Å². The van der Waals surface area contributed by atoms with Gasteiger partial charge in [0.1, 0.15) is 0 Å². The maximum atomic E-state index is 6.03. The van der Waals surface area contributed by atoms with E-state index < -0.39 is 0 Å². The van der Waals surface area contributed by atoms with E-state index in [2.05, 4.69) is 42.6 Å². The van der Waals surface area contributed by atoms with Gasteiger partial charge < -0.3 is 5.73 Å². The molecule has 4 heteroatoms. The van der Waals surface area contributed by atoms with E-state index in [1.54, 1.807) is 0 Å². The molecule has 20 heavy (non-hydrogen) atoms. The molecule has 0 atom stereocenters. The molecule has 0 aliphatic heterocycles. The highest BCUT2D eigenvalue weighted by Gasteiger charge is 2.24. The van der Waals surface area contributed by atoms with Crippen molar-refractivity contribution in [1.29, 1.82) is 0 Å². The van der Waals surface area contributed by atoms with Crippen molar-refractivity contribution in [2.45, 2.75) is 77.5 Å². The molecule has 1 aliphatic carbocycles. The lowest BCUT2D eigenvalue weighted by Gasteiger charge is -2.35. The fraction of sp³-hybridized carbons (Fsp3) is 0.812. The quantitative estimate of drug-likeness (QED) is 0.870. The predicted molar refractivity (Wildman–Crippen MR) is 83.5 cm³/mol. The Labute approximate surface area is 123 Å². The molecule has 4 nitrogen and oxygen atoms in total. The van der Waals surface area contributed by atoms with Crippen LogP contribution in [0.25, 0.3) is 0 Å². The number of nitrogens with two attached hydrogens (primary N) is 1. The van der Waals surface area contributed by atoms with Gasteiger partial charge in [0.2, 0.25) is 0 Å². The lowest BCUT2D eigenvalue weighted by molar-refractivity contribution is 0.140. The Morgan fingerprint density at radius 3 is 2.60 bits per heavy atom. The third kappa shape index (κ3) is 4.06. The lowest BCUT2D eigenvalue weighted by atomic mass is 9.90. The van der Waals surface area contributed by atoms with E-state index in [1.807, 2.05) is 0 Å². The smallest absolute Gasteiger partial charge is 0.0764 e. The number of hydrogen-bond acceptors (Lipinski definition) is 3. The molecular weight excluding hydrogens is 248 g/mol. The Hall–Kier alpha value is -0.870. The molecule has 1 fully saturated rings. The second-order valence-electron chi connectivity index (χ2n) is 6.42. The summed E-state index contributed by atoms with van der Waals surface area (Å²) < 4.78 is 2.05. The molecule has 0 bridgehead atoms. The number of hydrogen-bond donors (Lipinski definition) is 1. The molecule has 114 valence electrons. The van der Waals surface area contributed by atoms with Crippen LogP contribution in [-0.2, 0) is 6.54 Å². The van der Waals surface area contributed by atoms with Gasteiger partial charge in [0.05, 0.1) is 5.69 Å². The van der Waals surface area contributed by atoms with Gasteiger partial charge in [0.25, 0.3) is 0 Å². The van der Waals surface area contributed by atoms with Gasteiger partial charge in [-0.25, -0.2) is 0 Å². The summed E-state index contributed by atoms with van der Waals surface area (Å²) in [6.07, 6.45) is 8.13. The predicted octanol–water partition coefficient (Wildman–Crippen LogP) is 2.95. The van der Waals surface area contributed by atoms with E-state index in [-0.39, 0.29) is 0 Å². The highest BCUT2D eigenvalue weighted by molar-refractivity contribution is 5.00. The number of rotatable bonds is 6. The molecule has 0 spiro atoms. The molecule has 0 radical (unpaired) electrons. The van der Waals surface area contributed by atoms with Crippen LogP contribution < -0.4 is 5.73 Å². The Bertz CT molecular complexity index is 391. The summed E-state index contributed by atoms with van der Waals surface area (Å²) in [6, 6.07) is 3.72. The molecule has 1 aliphatic rings. The topological polar surface area (TPSA) is 47.1 Å². The van der Waals surface area contributed by atoms with Crippen LogP contribution in [0.1, 0.15) is 64.6 Å². The van der Waals surface area contributed by atoms with Crippen LogP contribution in [-0.4, -0.2) is 33.3 Å². The lowest BCUT2D eigenvalue weighted by Crippen LogP contribution is -2.41. The Morgan fingerprint density at radius 1 is 1.35 bits per heavy atom. The van der Waals surface area contributed by atoms with E-state index in [0.717, 1.165) is 13.1 Å². The van der Waals surface area contributed by atoms with Crippen LogP contribution in [0.15, 0.2) is 12.3 Å². The zero-order chi connectivity index (χ0) is 14.5. The van der Waals surface area contributed by atoms with Crippen LogP contribution in [0.4, 0.5) is 0 Å². The van der Waals surface area contributed by atoms with Crippen molar-refractivity contribution in [2.75, 3.05) is 6.54 Å². The van der Waals surface area contributed by atoms with Crippen molar-refractivity contribution < 1.29 is 0 Å². The molecule has 1 aromatic heterocycles. The van der Waals surface area contributed by atoms with Crippen molar-refractivity contribution in [1.82, 2.24) is 14.7 Å². The summed E-state index contributed by atoms with van der Waals surface area (Å²) >= 11 is 0. The maximum absolute atomic E-state index is 6.03. The molecular formula is C16H30N4. The van der Waals surface area contributed by atoms with Crippen LogP contribution in [0.5, 0.6) is 0 Å². The highest BCUT2D eigenvalue weighted by Crippen LogP contribution is 2.23. The second-order valence-corrected chi connectivity index (χ2v) is 6.42. The zero-order valence-electron chi connectivity index (χ0n) is 13.3. The Morgan fingerprint density at radius 2 is 2.05 bits per heavy atom. The molecule has 0 aromatic carbocycles. The fourth-order valence-electron chi connectivity index (χ4n) is 3.10. The normalized spacial score (nSPS) is 23.7. The molecule has 0 saturated heterocycles. The SMILES string of the molecule is CCCN(Cc1ccn(C(C)C)n1)C1CCC(N)CC1. The van der Waals surface area contributed by atoms with Gasteiger partial charge in [0.15, 0.2) is 0 Å². The van der Waals surface area contributed by atoms with Crippen molar-refractivity contribution in [2.24, 2.45) is 5.73 Å². The van der Waals surface area contributed by atoms with Gasteiger partial charge in [-0.15, -0.1) is 0 Å². The number of aromatic nitrogens is 2. The average molecular weight is 278 g/mol. The number of nitrogens with zero attached hydrogens (tertiary/aromatic N) is 3. The fourth-order valence-corrected chi connectivity index (χ4v) is 3.10. The molecule has 2 rings (SSSR count). The van der Waals surface area contributed by atoms with Crippen LogP contribution in [0.3, 0.4) is 0 Å². The van der Waals surface area contributed by atoms with Crippen molar-refractivity contribution in [3.05, 3.63) is 18.0 Å². The third-order valence-corrected chi connectivity index (χ3v) is 4.33. The molecule has 0 amide bonds. The van der Waals surface area contributed by atoms with Gasteiger partial charge in [-0.2, -0.15) is 5.10 Å². The molecule has 1 heterocycles. The molecule has 2 N–H and O–H groups in total. The largest absolute Gasteiger partial charge is 0.328 e. The zero-order valence-corrected chi connectivity index (χ0v) is 13.3. The Kier molecular flexibility index (Phi) is 5.61. The summed E-state index contributed by atoms with van der Waals surface area (Å²) in [5.41, 5.74) is 7.22. The van der Waals surface area contributed by atoms with E-state index >= 15 is 0 Å². The Balaban J connectivity index is 1.97. The first kappa shape index (κ1) is 15.5. The minimum Gasteiger partial charge on any atom is -0.328 e. The third-order valence-electron chi connectivity index (χ3n) is 4.33. The summed E-state index contributed by atoms with van der Waals surface area (Å²) in [6.45, 7) is 8.74. The van der Waals surface area contributed by atoms with Crippen molar-refractivity contribution >= 4 is 0 Å². The van der Waals surface area contributed by atoms with E-state index in [1.165, 1.54) is 37.8 Å². The summed E-state index contributed by atoms with van der Waals surface area (Å²) in [7, 11) is 0. The van der Waals surface area contributed by atoms with Crippen LogP contribution >= 0.6 is 0 Å². The first-order chi connectivity index (χ1) is 9.60. The summed E-state index contributed by atoms with van der Waals surface area (Å²) in [5.74, 6) is 0. The van der Waals surface area contributed by atoms with E-state index in [9.17, 15) is 0 Å². The second kappa shape index (κ2) is 7.23. The van der Waals surface area contributed by atoms with Gasteiger partial charge in [-0.1, -0.05) is 6.92 Å². The minimum atomic E-state index is 0.426. The molecule has 1 saturated carbocycles. The first-order valence-electron chi connectivity index (χ1n) is 8.13. The molecule has 1 aromatic rings. The van der Waals surface area contributed by atoms with Crippen LogP contribution in [0, 0.1) is 0 Å². The maximum Gasteiger partial charge on any atom is 0.0764 e. The standard InChI is InChI=1S/C16H30N4/c1-4-10-19(16-7-5-14(17)6-8-16)12-15-9-11-20(18-15)13(2)3/h9,11,13-14,16H,4-8,10,12,17H2,1-3H3. The van der Waals surface area contributed by atoms with Gasteiger partial charge in [0, 0.05) is 30.9 Å². The average Bonchev–Trinajstić information content (AvgIpc) is 2.88. The van der Waals surface area contributed by atoms with Gasteiger partial charge >= 0.3 is 0 Å². The summed E-state index contributed by atoms with van der Waals surface area (Å²) in [4.78, 5) is 2.61. The first-order valence-corrected chi connectivity index (χ1v) is 8.13. The monoisotopic (exact) mass is 278 g/mol.